The van der Waals surface area contributed by atoms with Crippen LogP contribution >= 0.6 is 11.8 Å². The van der Waals surface area contributed by atoms with Gasteiger partial charge in [-0.1, -0.05) is 12.1 Å². The summed E-state index contributed by atoms with van der Waals surface area (Å²) in [4.78, 5) is 15.9. The van der Waals surface area contributed by atoms with Crippen molar-refractivity contribution in [2.75, 3.05) is 22.2 Å². The van der Waals surface area contributed by atoms with Crippen molar-refractivity contribution in [3.05, 3.63) is 24.3 Å². The first-order valence-electron chi connectivity index (χ1n) is 7.23. The minimum Gasteiger partial charge on any atom is -0.307 e. The predicted molar refractivity (Wildman–Crippen MR) is 85.5 cm³/mol. The maximum atomic E-state index is 12.9. The molecule has 0 radical (unpaired) electrons. The number of rotatable bonds is 1. The van der Waals surface area contributed by atoms with Crippen LogP contribution in [0.1, 0.15) is 19.8 Å². The molecule has 0 aromatic heterocycles. The third-order valence-corrected chi connectivity index (χ3v) is 7.21. The number of hydrogen-bond donors (Lipinski definition) is 0. The van der Waals surface area contributed by atoms with E-state index in [4.69, 9.17) is 0 Å². The first kappa shape index (κ1) is 14.9. The van der Waals surface area contributed by atoms with Gasteiger partial charge in [-0.3, -0.25) is 4.79 Å². The average Bonchev–Trinajstić information content (AvgIpc) is 2.46. The summed E-state index contributed by atoms with van der Waals surface area (Å²) in [6.45, 7) is 2.06. The van der Waals surface area contributed by atoms with Gasteiger partial charge in [0.05, 0.1) is 17.2 Å². The lowest BCUT2D eigenvalue weighted by Gasteiger charge is -2.37. The van der Waals surface area contributed by atoms with Gasteiger partial charge in [-0.25, -0.2) is 8.42 Å². The molecule has 0 saturated carbocycles. The third kappa shape index (κ3) is 2.97. The quantitative estimate of drug-likeness (QED) is 0.795. The zero-order chi connectivity index (χ0) is 15.0. The molecule has 2 heterocycles. The van der Waals surface area contributed by atoms with Gasteiger partial charge < -0.3 is 4.90 Å². The largest absolute Gasteiger partial charge is 0.307 e. The van der Waals surface area contributed by atoms with Gasteiger partial charge in [-0.05, 0) is 31.9 Å². The number of sulfone groups is 1. The van der Waals surface area contributed by atoms with Crippen LogP contribution in [0.25, 0.3) is 0 Å². The molecule has 1 fully saturated rings. The molecule has 0 bridgehead atoms. The Morgan fingerprint density at radius 1 is 1.24 bits per heavy atom. The number of carbonyl (C=O) groups is 1. The summed E-state index contributed by atoms with van der Waals surface area (Å²) < 4.78 is 23.1. The lowest BCUT2D eigenvalue weighted by atomic mass is 9.99. The molecule has 114 valence electrons. The molecule has 0 aliphatic carbocycles. The van der Waals surface area contributed by atoms with E-state index in [0.717, 1.165) is 16.3 Å². The van der Waals surface area contributed by atoms with Crippen molar-refractivity contribution >= 4 is 33.2 Å². The van der Waals surface area contributed by atoms with Crippen LogP contribution < -0.4 is 4.90 Å². The fourth-order valence-electron chi connectivity index (χ4n) is 2.97. The molecule has 0 spiro atoms. The van der Waals surface area contributed by atoms with Crippen molar-refractivity contribution in [2.24, 2.45) is 5.92 Å². The van der Waals surface area contributed by atoms with Crippen molar-refractivity contribution in [2.45, 2.75) is 30.7 Å². The summed E-state index contributed by atoms with van der Waals surface area (Å²) in [6.07, 6.45) is 0.916. The van der Waals surface area contributed by atoms with Gasteiger partial charge in [-0.15, -0.1) is 11.8 Å². The van der Waals surface area contributed by atoms with Crippen molar-refractivity contribution in [3.63, 3.8) is 0 Å². The Balaban J connectivity index is 1.84. The molecule has 2 aliphatic heterocycles. The Hall–Kier alpha value is -1.01. The molecule has 6 heteroatoms. The highest BCUT2D eigenvalue weighted by molar-refractivity contribution is 7.99. The smallest absolute Gasteiger partial charge is 0.230 e. The molecule has 3 rings (SSSR count). The van der Waals surface area contributed by atoms with Crippen LogP contribution in [0.15, 0.2) is 29.2 Å². The van der Waals surface area contributed by atoms with Gasteiger partial charge in [0.15, 0.2) is 0 Å². The highest BCUT2D eigenvalue weighted by Gasteiger charge is 2.35. The summed E-state index contributed by atoms with van der Waals surface area (Å²) in [5, 5.41) is 0. The Morgan fingerprint density at radius 3 is 2.62 bits per heavy atom. The maximum Gasteiger partial charge on any atom is 0.230 e. The molecule has 2 aliphatic rings. The average molecular weight is 325 g/mol. The van der Waals surface area contributed by atoms with Gasteiger partial charge in [-0.2, -0.15) is 0 Å². The SMILES string of the molecule is CC1CSc2ccccc2N1C(=O)C1CCS(=O)(=O)CC1. The second kappa shape index (κ2) is 5.65. The fourth-order valence-corrected chi connectivity index (χ4v) is 5.52. The second-order valence-corrected chi connectivity index (χ2v) is 9.13. The summed E-state index contributed by atoms with van der Waals surface area (Å²) >= 11 is 1.77. The van der Waals surface area contributed by atoms with E-state index >= 15 is 0 Å². The van der Waals surface area contributed by atoms with Gasteiger partial charge in [0, 0.05) is 22.6 Å². The van der Waals surface area contributed by atoms with E-state index in [2.05, 4.69) is 6.92 Å². The summed E-state index contributed by atoms with van der Waals surface area (Å²) in [5.74, 6) is 1.09. The molecule has 4 nitrogen and oxygen atoms in total. The number of carbonyl (C=O) groups excluding carboxylic acids is 1. The molecule has 1 aromatic rings. The number of fused-ring (bicyclic) bond motifs is 1. The zero-order valence-corrected chi connectivity index (χ0v) is 13.6. The molecule has 1 unspecified atom stereocenters. The Bertz CT molecular complexity index is 643. The molecule has 0 N–H and O–H groups in total. The van der Waals surface area contributed by atoms with Crippen LogP contribution in [-0.2, 0) is 14.6 Å². The maximum absolute atomic E-state index is 12.9. The Labute approximate surface area is 129 Å². The molecule has 1 aromatic carbocycles. The number of thioether (sulfide) groups is 1. The van der Waals surface area contributed by atoms with Crippen molar-refractivity contribution < 1.29 is 13.2 Å². The minimum atomic E-state index is -2.93. The minimum absolute atomic E-state index is 0.0881. The van der Waals surface area contributed by atoms with E-state index in [1.54, 1.807) is 11.8 Å². The first-order valence-corrected chi connectivity index (χ1v) is 10.0. The molecule has 1 saturated heterocycles. The van der Waals surface area contributed by atoms with Crippen LogP contribution in [0.5, 0.6) is 0 Å². The van der Waals surface area contributed by atoms with Crippen molar-refractivity contribution in [3.8, 4) is 0 Å². The summed E-state index contributed by atoms with van der Waals surface area (Å²) in [6, 6.07) is 8.10. The Morgan fingerprint density at radius 2 is 1.90 bits per heavy atom. The zero-order valence-electron chi connectivity index (χ0n) is 12.0. The number of anilines is 1. The normalized spacial score (nSPS) is 25.4. The predicted octanol–water partition coefficient (Wildman–Crippen LogP) is 2.34. The van der Waals surface area contributed by atoms with Gasteiger partial charge in [0.2, 0.25) is 5.91 Å². The van der Waals surface area contributed by atoms with Crippen LogP contribution in [-0.4, -0.2) is 37.6 Å². The third-order valence-electron chi connectivity index (χ3n) is 4.19. The number of amides is 1. The van der Waals surface area contributed by atoms with Crippen LogP contribution in [0.4, 0.5) is 5.69 Å². The highest BCUT2D eigenvalue weighted by atomic mass is 32.2. The number of para-hydroxylation sites is 1. The lowest BCUT2D eigenvalue weighted by Crippen LogP contribution is -2.47. The highest BCUT2D eigenvalue weighted by Crippen LogP contribution is 2.38. The molecule has 21 heavy (non-hydrogen) atoms. The molecular formula is C15H19NO3S2. The van der Waals surface area contributed by atoms with Gasteiger partial charge >= 0.3 is 0 Å². The van der Waals surface area contributed by atoms with E-state index in [9.17, 15) is 13.2 Å². The van der Waals surface area contributed by atoms with Crippen LogP contribution in [0.2, 0.25) is 0 Å². The Kier molecular flexibility index (Phi) is 4.01. The second-order valence-electron chi connectivity index (χ2n) is 5.76. The summed E-state index contributed by atoms with van der Waals surface area (Å²) in [7, 11) is -2.93. The van der Waals surface area contributed by atoms with Gasteiger partial charge in [0.25, 0.3) is 0 Å². The van der Waals surface area contributed by atoms with Crippen molar-refractivity contribution in [1.82, 2.24) is 0 Å². The molecule has 1 atom stereocenters. The lowest BCUT2D eigenvalue weighted by molar-refractivity contribution is -0.123. The van der Waals surface area contributed by atoms with E-state index in [0.29, 0.717) is 12.8 Å². The van der Waals surface area contributed by atoms with E-state index < -0.39 is 9.84 Å². The van der Waals surface area contributed by atoms with E-state index in [1.165, 1.54) is 0 Å². The standard InChI is InChI=1S/C15H19NO3S2/c1-11-10-20-14-5-3-2-4-13(14)16(11)15(17)12-6-8-21(18,19)9-7-12/h2-5,11-12H,6-10H2,1H3. The number of benzene rings is 1. The monoisotopic (exact) mass is 325 g/mol. The topological polar surface area (TPSA) is 54.5 Å². The fraction of sp³-hybridized carbons (Fsp3) is 0.533. The summed E-state index contributed by atoms with van der Waals surface area (Å²) in [5.41, 5.74) is 0.972. The van der Waals surface area contributed by atoms with Gasteiger partial charge in [0.1, 0.15) is 9.84 Å². The van der Waals surface area contributed by atoms with E-state index in [1.807, 2.05) is 29.2 Å². The molecule has 1 amide bonds. The molecular weight excluding hydrogens is 306 g/mol. The first-order chi connectivity index (χ1) is 9.98. The van der Waals surface area contributed by atoms with Crippen LogP contribution in [0, 0.1) is 5.92 Å². The van der Waals surface area contributed by atoms with E-state index in [-0.39, 0.29) is 29.4 Å². The number of nitrogens with zero attached hydrogens (tertiary/aromatic N) is 1. The van der Waals surface area contributed by atoms with Crippen LogP contribution in [0.3, 0.4) is 0 Å². The van der Waals surface area contributed by atoms with Crippen molar-refractivity contribution in [1.29, 1.82) is 0 Å². The number of hydrogen-bond acceptors (Lipinski definition) is 4.